The van der Waals surface area contributed by atoms with Crippen molar-refractivity contribution < 1.29 is 19.1 Å². The van der Waals surface area contributed by atoms with Gasteiger partial charge in [-0.1, -0.05) is 69.3 Å². The van der Waals surface area contributed by atoms with E-state index in [0.717, 1.165) is 10.6 Å². The van der Waals surface area contributed by atoms with Crippen LogP contribution in [0.3, 0.4) is 0 Å². The highest BCUT2D eigenvalue weighted by Crippen LogP contribution is 2.29. The average Bonchev–Trinajstić information content (AvgIpc) is 2.84. The van der Waals surface area contributed by atoms with E-state index in [9.17, 15) is 14.4 Å². The Balaban J connectivity index is 2.14. The maximum atomic E-state index is 13.5. The Bertz CT molecular complexity index is 1010. The number of hydrogen-bond donors (Lipinski definition) is 0. The number of carbonyl (C=O) groups is 3. The zero-order valence-electron chi connectivity index (χ0n) is 18.3. The maximum absolute atomic E-state index is 13.5. The third-order valence-corrected chi connectivity index (χ3v) is 4.89. The van der Waals surface area contributed by atoms with Gasteiger partial charge in [-0.2, -0.15) is 5.10 Å². The van der Waals surface area contributed by atoms with E-state index < -0.39 is 17.4 Å². The van der Waals surface area contributed by atoms with Crippen LogP contribution in [-0.2, 0) is 14.3 Å². The molecule has 2 amide bonds. The molecule has 0 N–H and O–H groups in total. The summed E-state index contributed by atoms with van der Waals surface area (Å²) in [7, 11) is 0. The lowest BCUT2D eigenvalue weighted by molar-refractivity contribution is -0.143. The van der Waals surface area contributed by atoms with E-state index in [2.05, 4.69) is 5.10 Å². The van der Waals surface area contributed by atoms with Crippen molar-refractivity contribution >= 4 is 29.2 Å². The number of urea groups is 1. The van der Waals surface area contributed by atoms with Gasteiger partial charge in [0, 0.05) is 16.5 Å². The molecule has 2 aromatic rings. The molecule has 7 heteroatoms. The van der Waals surface area contributed by atoms with Crippen LogP contribution in [0.1, 0.15) is 38.8 Å². The van der Waals surface area contributed by atoms with Gasteiger partial charge in [0.15, 0.2) is 5.78 Å². The number of ether oxygens (including phenoxy) is 1. The van der Waals surface area contributed by atoms with Gasteiger partial charge in [0.2, 0.25) is 0 Å². The summed E-state index contributed by atoms with van der Waals surface area (Å²) in [6.45, 7) is 6.85. The smallest absolute Gasteiger partial charge is 0.345 e. The van der Waals surface area contributed by atoms with E-state index in [-0.39, 0.29) is 25.5 Å². The van der Waals surface area contributed by atoms with Gasteiger partial charge < -0.3 is 4.74 Å². The Morgan fingerprint density at radius 2 is 1.61 bits per heavy atom. The average molecular weight is 421 g/mol. The number of hydrazone groups is 1. The highest BCUT2D eigenvalue weighted by atomic mass is 16.5. The van der Waals surface area contributed by atoms with Crippen molar-refractivity contribution in [2.45, 2.75) is 27.7 Å². The number of hydrogen-bond acceptors (Lipinski definition) is 5. The minimum atomic E-state index is -0.628. The molecule has 0 bridgehead atoms. The van der Waals surface area contributed by atoms with Gasteiger partial charge in [-0.3, -0.25) is 14.5 Å². The minimum Gasteiger partial charge on any atom is -0.465 e. The fraction of sp³-hybridized carbons (Fsp3) is 0.333. The topological polar surface area (TPSA) is 79.3 Å². The number of carbonyl (C=O) groups excluding carboxylic acids is 3. The molecular weight excluding hydrogens is 394 g/mol. The van der Waals surface area contributed by atoms with Crippen LogP contribution in [0.5, 0.6) is 0 Å². The molecule has 2 aromatic carbocycles. The molecular formula is C24H27N3O4. The number of nitrogens with zero attached hydrogens (tertiary/aromatic N) is 3. The first-order chi connectivity index (χ1) is 14.7. The van der Waals surface area contributed by atoms with Crippen molar-refractivity contribution in [3.8, 4) is 0 Å². The molecule has 1 aliphatic heterocycles. The summed E-state index contributed by atoms with van der Waals surface area (Å²) in [6, 6.07) is 16.2. The second-order valence-electron chi connectivity index (χ2n) is 8.24. The summed E-state index contributed by atoms with van der Waals surface area (Å²) in [6.07, 6.45) is 0. The Kier molecular flexibility index (Phi) is 6.53. The van der Waals surface area contributed by atoms with Crippen LogP contribution in [-0.4, -0.2) is 48.2 Å². The lowest BCUT2D eigenvalue weighted by Crippen LogP contribution is -2.46. The first-order valence-electron chi connectivity index (χ1n) is 10.2. The quantitative estimate of drug-likeness (QED) is 0.664. The van der Waals surface area contributed by atoms with Gasteiger partial charge in [0.1, 0.15) is 12.3 Å². The van der Waals surface area contributed by atoms with Crippen LogP contribution < -0.4 is 4.90 Å². The number of esters is 1. The van der Waals surface area contributed by atoms with Gasteiger partial charge >= 0.3 is 12.0 Å². The summed E-state index contributed by atoms with van der Waals surface area (Å²) < 4.78 is 5.03. The van der Waals surface area contributed by atoms with E-state index in [1.54, 1.807) is 13.0 Å². The van der Waals surface area contributed by atoms with Crippen LogP contribution in [0.25, 0.3) is 0 Å². The molecule has 0 aliphatic carbocycles. The molecule has 162 valence electrons. The van der Waals surface area contributed by atoms with Gasteiger partial charge in [-0.15, -0.1) is 0 Å². The summed E-state index contributed by atoms with van der Waals surface area (Å²) >= 11 is 0. The number of fused-ring (bicyclic) bond motifs is 1. The second-order valence-corrected chi connectivity index (χ2v) is 8.24. The molecule has 3 rings (SSSR count). The number of anilines is 1. The largest absolute Gasteiger partial charge is 0.465 e. The van der Waals surface area contributed by atoms with Crippen molar-refractivity contribution in [1.29, 1.82) is 0 Å². The fourth-order valence-electron chi connectivity index (χ4n) is 3.14. The third-order valence-electron chi connectivity index (χ3n) is 4.89. The van der Waals surface area contributed by atoms with Gasteiger partial charge in [0.25, 0.3) is 0 Å². The van der Waals surface area contributed by atoms with E-state index in [4.69, 9.17) is 4.74 Å². The molecule has 0 unspecified atom stereocenters. The zero-order valence-corrected chi connectivity index (χ0v) is 18.3. The van der Waals surface area contributed by atoms with Crippen molar-refractivity contribution in [3.05, 3.63) is 65.7 Å². The van der Waals surface area contributed by atoms with Gasteiger partial charge in [-0.25, -0.2) is 9.80 Å². The lowest BCUT2D eigenvalue weighted by Gasteiger charge is -2.28. The van der Waals surface area contributed by atoms with Crippen LogP contribution in [0, 0.1) is 5.41 Å². The maximum Gasteiger partial charge on any atom is 0.345 e. The third kappa shape index (κ3) is 4.99. The van der Waals surface area contributed by atoms with E-state index >= 15 is 0 Å². The second kappa shape index (κ2) is 9.12. The molecule has 7 nitrogen and oxygen atoms in total. The normalized spacial score (nSPS) is 13.9. The predicted molar refractivity (Wildman–Crippen MR) is 119 cm³/mol. The molecule has 0 atom stereocenters. The first-order valence-corrected chi connectivity index (χ1v) is 10.2. The van der Waals surface area contributed by atoms with Crippen molar-refractivity contribution in [2.24, 2.45) is 10.5 Å². The van der Waals surface area contributed by atoms with Crippen LogP contribution >= 0.6 is 0 Å². The molecule has 0 spiro atoms. The van der Waals surface area contributed by atoms with E-state index in [1.165, 1.54) is 4.90 Å². The van der Waals surface area contributed by atoms with Crippen molar-refractivity contribution in [3.63, 3.8) is 0 Å². The number of para-hydroxylation sites is 1. The number of ketones is 1. The lowest BCUT2D eigenvalue weighted by atomic mass is 9.90. The van der Waals surface area contributed by atoms with E-state index in [1.807, 2.05) is 69.3 Å². The molecule has 0 radical (unpaired) electrons. The number of benzene rings is 2. The molecule has 1 aliphatic rings. The monoisotopic (exact) mass is 421 g/mol. The zero-order chi connectivity index (χ0) is 22.6. The minimum absolute atomic E-state index is 0.102. The summed E-state index contributed by atoms with van der Waals surface area (Å²) in [5.74, 6) is -0.671. The number of rotatable bonds is 6. The Morgan fingerprint density at radius 1 is 0.968 bits per heavy atom. The molecule has 0 saturated carbocycles. The fourth-order valence-corrected chi connectivity index (χ4v) is 3.14. The highest BCUT2D eigenvalue weighted by Gasteiger charge is 2.34. The predicted octanol–water partition coefficient (Wildman–Crippen LogP) is 3.86. The SMILES string of the molecule is CCOC(=O)CN1N=C(c2ccccc2)c2ccccc2N(CC(=O)C(C)(C)C)C1=O. The molecule has 31 heavy (non-hydrogen) atoms. The van der Waals surface area contributed by atoms with Crippen LogP contribution in [0.2, 0.25) is 0 Å². The van der Waals surface area contributed by atoms with E-state index in [0.29, 0.717) is 17.0 Å². The number of Topliss-reactive ketones (excluding diaryl/α,β-unsaturated/α-hetero) is 1. The number of amides is 2. The Hall–Kier alpha value is -3.48. The molecule has 0 fully saturated rings. The summed E-state index contributed by atoms with van der Waals surface area (Å²) in [5.41, 5.74) is 1.98. The van der Waals surface area contributed by atoms with Gasteiger partial charge in [0.05, 0.1) is 18.8 Å². The Morgan fingerprint density at radius 3 is 2.26 bits per heavy atom. The van der Waals surface area contributed by atoms with Crippen LogP contribution in [0.4, 0.5) is 10.5 Å². The van der Waals surface area contributed by atoms with Crippen molar-refractivity contribution in [1.82, 2.24) is 5.01 Å². The van der Waals surface area contributed by atoms with Crippen LogP contribution in [0.15, 0.2) is 59.7 Å². The van der Waals surface area contributed by atoms with Gasteiger partial charge in [-0.05, 0) is 13.0 Å². The first kappa shape index (κ1) is 22.2. The van der Waals surface area contributed by atoms with Crippen molar-refractivity contribution in [2.75, 3.05) is 24.6 Å². The standard InChI is InChI=1S/C24H27N3O4/c1-5-31-21(29)16-27-23(30)26(15-20(28)24(2,3)4)19-14-10-9-13-18(19)22(25-27)17-11-7-6-8-12-17/h6-14H,5,15-16H2,1-4H3. The molecule has 0 saturated heterocycles. The molecule has 0 aromatic heterocycles. The highest BCUT2D eigenvalue weighted by molar-refractivity contribution is 6.19. The molecule has 1 heterocycles. The Labute approximate surface area is 182 Å². The summed E-state index contributed by atoms with van der Waals surface area (Å²) in [4.78, 5) is 39.9. The summed E-state index contributed by atoms with van der Waals surface area (Å²) in [5, 5.41) is 5.64.